The summed E-state index contributed by atoms with van der Waals surface area (Å²) in [6.07, 6.45) is 0. The molecule has 1 heterocycles. The van der Waals surface area contributed by atoms with Crippen molar-refractivity contribution in [3.05, 3.63) is 59.0 Å². The molecule has 0 saturated heterocycles. The third-order valence-corrected chi connectivity index (χ3v) is 2.81. The summed E-state index contributed by atoms with van der Waals surface area (Å²) in [5, 5.41) is 5.66. The Morgan fingerprint density at radius 3 is 2.80 bits per heavy atom. The fourth-order valence-electron chi connectivity index (χ4n) is 1.86. The highest BCUT2D eigenvalue weighted by Gasteiger charge is 2.08. The molecule has 2 aromatic rings. The first-order valence-electron chi connectivity index (χ1n) is 6.27. The topological polar surface area (TPSA) is 54.0 Å². The number of aryl methyl sites for hydroxylation is 1. The van der Waals surface area contributed by atoms with Crippen LogP contribution in [0.4, 0.5) is 10.2 Å². The van der Waals surface area contributed by atoms with Gasteiger partial charge in [0.25, 0.3) is 5.91 Å². The maximum absolute atomic E-state index is 13.0. The van der Waals surface area contributed by atoms with Crippen molar-refractivity contribution in [3.8, 4) is 0 Å². The van der Waals surface area contributed by atoms with Crippen molar-refractivity contribution in [2.75, 3.05) is 12.4 Å². The molecule has 2 rings (SSSR count). The quantitative estimate of drug-likeness (QED) is 0.900. The Balaban J connectivity index is 2.07. The SMILES string of the molecule is CNc1cc(C(=O)NCc2cccc(F)c2)cc(C)n1. The lowest BCUT2D eigenvalue weighted by molar-refractivity contribution is 0.0950. The van der Waals surface area contributed by atoms with E-state index in [4.69, 9.17) is 0 Å². The number of aromatic nitrogens is 1. The number of nitrogens with zero attached hydrogens (tertiary/aromatic N) is 1. The second-order valence-corrected chi connectivity index (χ2v) is 4.45. The van der Waals surface area contributed by atoms with Gasteiger partial charge in [-0.1, -0.05) is 12.1 Å². The minimum absolute atomic E-state index is 0.212. The zero-order chi connectivity index (χ0) is 14.5. The van der Waals surface area contributed by atoms with Crippen LogP contribution in [0.25, 0.3) is 0 Å². The van der Waals surface area contributed by atoms with Crippen molar-refractivity contribution < 1.29 is 9.18 Å². The van der Waals surface area contributed by atoms with Gasteiger partial charge in [0.05, 0.1) is 0 Å². The van der Waals surface area contributed by atoms with Gasteiger partial charge in [-0.3, -0.25) is 4.79 Å². The Bertz CT molecular complexity index is 628. The van der Waals surface area contributed by atoms with E-state index in [9.17, 15) is 9.18 Å². The first-order valence-corrected chi connectivity index (χ1v) is 6.27. The van der Waals surface area contributed by atoms with Crippen molar-refractivity contribution in [1.29, 1.82) is 0 Å². The molecule has 0 aliphatic heterocycles. The molecular weight excluding hydrogens is 257 g/mol. The molecule has 1 amide bonds. The number of pyridine rings is 1. The Morgan fingerprint density at radius 1 is 1.30 bits per heavy atom. The standard InChI is InChI=1S/C15H16FN3O/c1-10-6-12(8-14(17-2)19-10)15(20)18-9-11-4-3-5-13(16)7-11/h3-8H,9H2,1-2H3,(H,17,19)(H,18,20). The smallest absolute Gasteiger partial charge is 0.251 e. The Labute approximate surface area is 117 Å². The molecule has 20 heavy (non-hydrogen) atoms. The molecule has 1 aromatic carbocycles. The van der Waals surface area contributed by atoms with Crippen LogP contribution in [0.2, 0.25) is 0 Å². The Morgan fingerprint density at radius 2 is 2.10 bits per heavy atom. The van der Waals surface area contributed by atoms with E-state index in [1.807, 2.05) is 6.92 Å². The second kappa shape index (κ2) is 6.14. The molecule has 104 valence electrons. The summed E-state index contributed by atoms with van der Waals surface area (Å²) in [6, 6.07) is 9.54. The van der Waals surface area contributed by atoms with Gasteiger partial charge >= 0.3 is 0 Å². The maximum atomic E-state index is 13.0. The molecule has 0 unspecified atom stereocenters. The zero-order valence-electron chi connectivity index (χ0n) is 11.4. The zero-order valence-corrected chi connectivity index (χ0v) is 11.4. The number of rotatable bonds is 4. The van der Waals surface area contributed by atoms with Gasteiger partial charge in [-0.15, -0.1) is 0 Å². The lowest BCUT2D eigenvalue weighted by Gasteiger charge is -2.08. The van der Waals surface area contributed by atoms with Crippen LogP contribution in [-0.2, 0) is 6.54 Å². The van der Waals surface area contributed by atoms with Crippen LogP contribution in [0, 0.1) is 12.7 Å². The molecule has 0 fully saturated rings. The summed E-state index contributed by atoms with van der Waals surface area (Å²) < 4.78 is 13.0. The van der Waals surface area contributed by atoms with Gasteiger partial charge < -0.3 is 10.6 Å². The van der Waals surface area contributed by atoms with E-state index in [0.717, 1.165) is 11.3 Å². The molecule has 2 N–H and O–H groups in total. The van der Waals surface area contributed by atoms with E-state index in [1.165, 1.54) is 12.1 Å². The first kappa shape index (κ1) is 14.0. The minimum Gasteiger partial charge on any atom is -0.373 e. The summed E-state index contributed by atoms with van der Waals surface area (Å²) in [4.78, 5) is 16.3. The number of hydrogen-bond donors (Lipinski definition) is 2. The minimum atomic E-state index is -0.311. The second-order valence-electron chi connectivity index (χ2n) is 4.45. The summed E-state index contributed by atoms with van der Waals surface area (Å²) >= 11 is 0. The largest absolute Gasteiger partial charge is 0.373 e. The normalized spacial score (nSPS) is 10.2. The van der Waals surface area contributed by atoms with Gasteiger partial charge in [0.15, 0.2) is 0 Å². The van der Waals surface area contributed by atoms with Gasteiger partial charge in [0.1, 0.15) is 11.6 Å². The number of carbonyl (C=O) groups is 1. The number of benzene rings is 1. The van der Waals surface area contributed by atoms with Crippen LogP contribution in [0.5, 0.6) is 0 Å². The summed E-state index contributed by atoms with van der Waals surface area (Å²) in [6.45, 7) is 2.11. The van der Waals surface area contributed by atoms with Gasteiger partial charge in [-0.2, -0.15) is 0 Å². The van der Waals surface area contributed by atoms with Crippen LogP contribution in [-0.4, -0.2) is 17.9 Å². The van der Waals surface area contributed by atoms with E-state index in [0.29, 0.717) is 11.4 Å². The van der Waals surface area contributed by atoms with E-state index >= 15 is 0 Å². The molecule has 0 bridgehead atoms. The van der Waals surface area contributed by atoms with Gasteiger partial charge in [0, 0.05) is 24.8 Å². The van der Waals surface area contributed by atoms with Gasteiger partial charge in [-0.25, -0.2) is 9.37 Å². The maximum Gasteiger partial charge on any atom is 0.251 e. The van der Waals surface area contributed by atoms with Crippen LogP contribution in [0.15, 0.2) is 36.4 Å². The van der Waals surface area contributed by atoms with E-state index in [-0.39, 0.29) is 18.3 Å². The highest BCUT2D eigenvalue weighted by atomic mass is 19.1. The Kier molecular flexibility index (Phi) is 4.30. The van der Waals surface area contributed by atoms with Crippen molar-refractivity contribution in [2.45, 2.75) is 13.5 Å². The van der Waals surface area contributed by atoms with Crippen molar-refractivity contribution >= 4 is 11.7 Å². The van der Waals surface area contributed by atoms with E-state index in [1.54, 1.807) is 31.3 Å². The van der Waals surface area contributed by atoms with Crippen molar-refractivity contribution in [1.82, 2.24) is 10.3 Å². The van der Waals surface area contributed by atoms with E-state index in [2.05, 4.69) is 15.6 Å². The third-order valence-electron chi connectivity index (χ3n) is 2.81. The number of hydrogen-bond acceptors (Lipinski definition) is 3. The lowest BCUT2D eigenvalue weighted by Crippen LogP contribution is -2.23. The van der Waals surface area contributed by atoms with E-state index < -0.39 is 0 Å². The number of amides is 1. The number of nitrogens with one attached hydrogen (secondary N) is 2. The van der Waals surface area contributed by atoms with Crippen LogP contribution >= 0.6 is 0 Å². The molecule has 0 saturated carbocycles. The molecule has 4 nitrogen and oxygen atoms in total. The summed E-state index contributed by atoms with van der Waals surface area (Å²) in [5.41, 5.74) is 2.00. The fourth-order valence-corrected chi connectivity index (χ4v) is 1.86. The molecule has 1 aromatic heterocycles. The lowest BCUT2D eigenvalue weighted by atomic mass is 10.2. The predicted molar refractivity (Wildman–Crippen MR) is 76.1 cm³/mol. The average molecular weight is 273 g/mol. The molecule has 0 aliphatic carbocycles. The predicted octanol–water partition coefficient (Wildman–Crippen LogP) is 2.50. The highest BCUT2D eigenvalue weighted by Crippen LogP contribution is 2.10. The molecule has 0 spiro atoms. The first-order chi connectivity index (χ1) is 9.58. The monoisotopic (exact) mass is 273 g/mol. The Hall–Kier alpha value is -2.43. The van der Waals surface area contributed by atoms with Gasteiger partial charge in [-0.05, 0) is 36.8 Å². The molecule has 0 atom stereocenters. The fraction of sp³-hybridized carbons (Fsp3) is 0.200. The highest BCUT2D eigenvalue weighted by molar-refractivity contribution is 5.94. The van der Waals surface area contributed by atoms with Crippen LogP contribution in [0.3, 0.4) is 0 Å². The molecule has 5 heteroatoms. The summed E-state index contributed by atoms with van der Waals surface area (Å²) in [5.74, 6) is 0.117. The van der Waals surface area contributed by atoms with Crippen molar-refractivity contribution in [3.63, 3.8) is 0 Å². The number of carbonyl (C=O) groups excluding carboxylic acids is 1. The summed E-state index contributed by atoms with van der Waals surface area (Å²) in [7, 11) is 1.75. The molecular formula is C15H16FN3O. The molecule has 0 aliphatic rings. The molecule has 0 radical (unpaired) electrons. The van der Waals surface area contributed by atoms with Crippen LogP contribution in [0.1, 0.15) is 21.6 Å². The van der Waals surface area contributed by atoms with Crippen LogP contribution < -0.4 is 10.6 Å². The number of halogens is 1. The van der Waals surface area contributed by atoms with Crippen molar-refractivity contribution in [2.24, 2.45) is 0 Å². The average Bonchev–Trinajstić information content (AvgIpc) is 2.44. The number of anilines is 1. The van der Waals surface area contributed by atoms with Gasteiger partial charge in [0.2, 0.25) is 0 Å². The third kappa shape index (κ3) is 3.54.